The number of anilines is 1. The number of hydrogen-bond donors (Lipinski definition) is 1. The summed E-state index contributed by atoms with van der Waals surface area (Å²) in [6.45, 7) is 3.06. The van der Waals surface area contributed by atoms with Crippen LogP contribution in [0.4, 0.5) is 11.4 Å². The number of nitro groups is 1. The molecule has 1 aromatic rings. The molecule has 4 nitrogen and oxygen atoms in total. The number of halogens is 1. The standard InChI is InChI=1S/C13H19BrN2O2/c1-2-3-4-5-6-9-15-11-7-8-12(14)13(10-11)16(17)18/h7-8,10,15H,2-6,9H2,1H3. The maximum atomic E-state index is 10.8. The van der Waals surface area contributed by atoms with Gasteiger partial charge in [0.25, 0.3) is 5.69 Å². The molecule has 5 heteroatoms. The number of hydrogen-bond acceptors (Lipinski definition) is 3. The molecule has 1 rings (SSSR count). The van der Waals surface area contributed by atoms with E-state index in [2.05, 4.69) is 28.2 Å². The van der Waals surface area contributed by atoms with Gasteiger partial charge in [0.1, 0.15) is 0 Å². The quantitative estimate of drug-likeness (QED) is 0.428. The van der Waals surface area contributed by atoms with E-state index in [0.717, 1.165) is 18.7 Å². The smallest absolute Gasteiger partial charge is 0.285 e. The van der Waals surface area contributed by atoms with E-state index in [1.807, 2.05) is 6.07 Å². The number of nitrogens with zero attached hydrogens (tertiary/aromatic N) is 1. The molecule has 0 aromatic heterocycles. The highest BCUT2D eigenvalue weighted by Gasteiger charge is 2.11. The average Bonchev–Trinajstić information content (AvgIpc) is 2.35. The van der Waals surface area contributed by atoms with Crippen LogP contribution in [0.1, 0.15) is 39.0 Å². The van der Waals surface area contributed by atoms with Crippen LogP contribution in [-0.2, 0) is 0 Å². The molecule has 0 spiro atoms. The Bertz CT molecular complexity index is 397. The first kappa shape index (κ1) is 15.0. The Labute approximate surface area is 116 Å². The third-order valence-electron chi connectivity index (χ3n) is 2.75. The molecule has 100 valence electrons. The van der Waals surface area contributed by atoms with Gasteiger partial charge >= 0.3 is 0 Å². The second-order valence-corrected chi connectivity index (χ2v) is 5.12. The van der Waals surface area contributed by atoms with Crippen molar-refractivity contribution < 1.29 is 4.92 Å². The molecule has 0 heterocycles. The summed E-state index contributed by atoms with van der Waals surface area (Å²) in [4.78, 5) is 10.4. The van der Waals surface area contributed by atoms with E-state index in [9.17, 15) is 10.1 Å². The van der Waals surface area contributed by atoms with E-state index in [4.69, 9.17) is 0 Å². The van der Waals surface area contributed by atoms with Crippen molar-refractivity contribution in [2.75, 3.05) is 11.9 Å². The summed E-state index contributed by atoms with van der Waals surface area (Å²) < 4.78 is 0.515. The number of nitrogens with one attached hydrogen (secondary N) is 1. The molecule has 0 saturated carbocycles. The first-order chi connectivity index (χ1) is 8.65. The van der Waals surface area contributed by atoms with E-state index >= 15 is 0 Å². The van der Waals surface area contributed by atoms with Gasteiger partial charge in [0, 0.05) is 18.3 Å². The van der Waals surface area contributed by atoms with Crippen molar-refractivity contribution in [3.63, 3.8) is 0 Å². The summed E-state index contributed by atoms with van der Waals surface area (Å²) >= 11 is 3.17. The van der Waals surface area contributed by atoms with Crippen molar-refractivity contribution in [3.8, 4) is 0 Å². The van der Waals surface area contributed by atoms with Gasteiger partial charge in [0.15, 0.2) is 0 Å². The van der Waals surface area contributed by atoms with Gasteiger partial charge in [0.05, 0.1) is 9.40 Å². The minimum atomic E-state index is -0.378. The molecular formula is C13H19BrN2O2. The summed E-state index contributed by atoms with van der Waals surface area (Å²) in [5.41, 5.74) is 0.909. The number of nitro benzene ring substituents is 1. The van der Waals surface area contributed by atoms with Gasteiger partial charge in [-0.3, -0.25) is 10.1 Å². The SMILES string of the molecule is CCCCCCCNc1ccc(Br)c([N+](=O)[O-])c1. The first-order valence-corrected chi connectivity index (χ1v) is 7.12. The zero-order valence-electron chi connectivity index (χ0n) is 10.6. The van der Waals surface area contributed by atoms with Crippen molar-refractivity contribution in [1.29, 1.82) is 0 Å². The van der Waals surface area contributed by atoms with Crippen LogP contribution in [0.25, 0.3) is 0 Å². The van der Waals surface area contributed by atoms with Gasteiger partial charge in [-0.05, 0) is 34.5 Å². The topological polar surface area (TPSA) is 55.2 Å². The molecule has 0 saturated heterocycles. The molecule has 0 aliphatic heterocycles. The minimum Gasteiger partial charge on any atom is -0.385 e. The summed E-state index contributed by atoms with van der Waals surface area (Å²) in [7, 11) is 0. The van der Waals surface area contributed by atoms with E-state index in [-0.39, 0.29) is 10.6 Å². The Balaban J connectivity index is 2.38. The van der Waals surface area contributed by atoms with E-state index in [1.54, 1.807) is 12.1 Å². The lowest BCUT2D eigenvalue weighted by Gasteiger charge is -2.06. The summed E-state index contributed by atoms with van der Waals surface area (Å²) in [5.74, 6) is 0. The highest BCUT2D eigenvalue weighted by atomic mass is 79.9. The van der Waals surface area contributed by atoms with E-state index in [0.29, 0.717) is 4.47 Å². The molecule has 1 N–H and O–H groups in total. The van der Waals surface area contributed by atoms with Gasteiger partial charge in [-0.2, -0.15) is 0 Å². The average molecular weight is 315 g/mol. The second kappa shape index (κ2) is 8.08. The Kier molecular flexibility index (Phi) is 6.72. The van der Waals surface area contributed by atoms with Crippen molar-refractivity contribution in [2.45, 2.75) is 39.0 Å². The minimum absolute atomic E-state index is 0.103. The molecule has 0 aliphatic carbocycles. The molecule has 0 atom stereocenters. The largest absolute Gasteiger partial charge is 0.385 e. The predicted octanol–water partition coefficient (Wildman–Crippen LogP) is 4.74. The lowest BCUT2D eigenvalue weighted by molar-refractivity contribution is -0.385. The van der Waals surface area contributed by atoms with Crippen molar-refractivity contribution in [1.82, 2.24) is 0 Å². The first-order valence-electron chi connectivity index (χ1n) is 6.33. The van der Waals surface area contributed by atoms with Gasteiger partial charge in [0.2, 0.25) is 0 Å². The fourth-order valence-electron chi connectivity index (χ4n) is 1.72. The third-order valence-corrected chi connectivity index (χ3v) is 3.42. The van der Waals surface area contributed by atoms with Crippen LogP contribution in [-0.4, -0.2) is 11.5 Å². The van der Waals surface area contributed by atoms with E-state index < -0.39 is 0 Å². The molecule has 0 unspecified atom stereocenters. The number of benzene rings is 1. The summed E-state index contributed by atoms with van der Waals surface area (Å²) in [6.07, 6.45) is 6.10. The van der Waals surface area contributed by atoms with Crippen LogP contribution >= 0.6 is 15.9 Å². The van der Waals surface area contributed by atoms with Crippen LogP contribution in [0.5, 0.6) is 0 Å². The molecule has 0 bridgehead atoms. The third kappa shape index (κ3) is 5.04. The Morgan fingerprint density at radius 3 is 2.67 bits per heavy atom. The summed E-state index contributed by atoms with van der Waals surface area (Å²) in [6, 6.07) is 5.12. The van der Waals surface area contributed by atoms with Crippen molar-refractivity contribution in [3.05, 3.63) is 32.8 Å². The maximum Gasteiger partial charge on any atom is 0.285 e. The van der Waals surface area contributed by atoms with Crippen molar-refractivity contribution in [2.24, 2.45) is 0 Å². The molecule has 0 amide bonds. The molecule has 0 radical (unpaired) electrons. The van der Waals surface area contributed by atoms with Gasteiger partial charge < -0.3 is 5.32 Å². The van der Waals surface area contributed by atoms with Crippen LogP contribution in [0.2, 0.25) is 0 Å². The predicted molar refractivity (Wildman–Crippen MR) is 78.0 cm³/mol. The molecule has 0 aliphatic rings. The molecule has 1 aromatic carbocycles. The van der Waals surface area contributed by atoms with E-state index in [1.165, 1.54) is 25.7 Å². The van der Waals surface area contributed by atoms with Gasteiger partial charge in [-0.25, -0.2) is 0 Å². The van der Waals surface area contributed by atoms with Crippen LogP contribution in [0.15, 0.2) is 22.7 Å². The van der Waals surface area contributed by atoms with Crippen LogP contribution in [0.3, 0.4) is 0 Å². The summed E-state index contributed by atoms with van der Waals surface area (Å²) in [5, 5.41) is 14.0. The fourth-order valence-corrected chi connectivity index (χ4v) is 2.12. The molecular weight excluding hydrogens is 296 g/mol. The second-order valence-electron chi connectivity index (χ2n) is 4.26. The zero-order chi connectivity index (χ0) is 13.4. The number of unbranched alkanes of at least 4 members (excludes halogenated alkanes) is 4. The van der Waals surface area contributed by atoms with Gasteiger partial charge in [-0.15, -0.1) is 0 Å². The normalized spacial score (nSPS) is 10.3. The lowest BCUT2D eigenvalue weighted by Crippen LogP contribution is -2.02. The fraction of sp³-hybridized carbons (Fsp3) is 0.538. The highest BCUT2D eigenvalue weighted by Crippen LogP contribution is 2.27. The Morgan fingerprint density at radius 2 is 2.00 bits per heavy atom. The molecule has 0 fully saturated rings. The number of rotatable bonds is 8. The zero-order valence-corrected chi connectivity index (χ0v) is 12.2. The van der Waals surface area contributed by atoms with Crippen LogP contribution in [0, 0.1) is 10.1 Å². The van der Waals surface area contributed by atoms with Crippen LogP contribution < -0.4 is 5.32 Å². The van der Waals surface area contributed by atoms with Crippen molar-refractivity contribution >= 4 is 27.3 Å². The highest BCUT2D eigenvalue weighted by molar-refractivity contribution is 9.10. The van der Waals surface area contributed by atoms with Gasteiger partial charge in [-0.1, -0.05) is 32.6 Å². The molecule has 18 heavy (non-hydrogen) atoms. The monoisotopic (exact) mass is 314 g/mol. The Hall–Kier alpha value is -1.10. The Morgan fingerprint density at radius 1 is 1.28 bits per heavy atom. The lowest BCUT2D eigenvalue weighted by atomic mass is 10.1. The maximum absolute atomic E-state index is 10.8.